The van der Waals surface area contributed by atoms with Crippen molar-refractivity contribution in [2.24, 2.45) is 0 Å². The van der Waals surface area contributed by atoms with Crippen LogP contribution in [0.1, 0.15) is 187 Å². The van der Waals surface area contributed by atoms with Crippen LogP contribution in [0.4, 0.5) is 52.7 Å². The summed E-state index contributed by atoms with van der Waals surface area (Å²) in [7, 11) is 20.0. The molecule has 0 aliphatic heterocycles. The van der Waals surface area contributed by atoms with Crippen LogP contribution in [0, 0.1) is 69.8 Å². The average molecular weight is 2050 g/mol. The van der Waals surface area contributed by atoms with E-state index >= 15 is 52.7 Å². The molecule has 0 bridgehead atoms. The summed E-state index contributed by atoms with van der Waals surface area (Å²) in [4.78, 5) is 83.7. The van der Waals surface area contributed by atoms with E-state index in [1.165, 1.54) is 29.4 Å². The second kappa shape index (κ2) is 52.8. The minimum absolute atomic E-state index is 0.0592. The maximum atomic E-state index is 17.3. The summed E-state index contributed by atoms with van der Waals surface area (Å²) in [6, 6.07) is 53.8. The van der Waals surface area contributed by atoms with Crippen LogP contribution in [0.5, 0.6) is 0 Å². The van der Waals surface area contributed by atoms with E-state index in [0.717, 1.165) is 72.8 Å². The molecular formula is C126H132F12N6O6. The maximum absolute atomic E-state index is 17.3. The normalized spacial score (nSPS) is 11.4. The van der Waals surface area contributed by atoms with Crippen LogP contribution in [-0.2, 0) is 67.3 Å². The Morgan fingerprint density at radius 3 is 0.380 bits per heavy atom. The third-order valence-corrected chi connectivity index (χ3v) is 28.2. The first-order valence-electron chi connectivity index (χ1n) is 51.8. The molecule has 0 aliphatic carbocycles. The van der Waals surface area contributed by atoms with E-state index in [0.29, 0.717) is 182 Å². The number of rotatable bonds is 48. The van der Waals surface area contributed by atoms with Gasteiger partial charge in [-0.2, -0.15) is 0 Å². The molecule has 0 atom stereocenters. The summed E-state index contributed by atoms with van der Waals surface area (Å²) in [5, 5.41) is 0. The minimum Gasteiger partial charge on any atom is -0.349 e. The highest BCUT2D eigenvalue weighted by molar-refractivity contribution is 6.16. The lowest BCUT2D eigenvalue weighted by atomic mass is 9.73. The van der Waals surface area contributed by atoms with Gasteiger partial charge < -0.3 is 29.4 Å². The van der Waals surface area contributed by atoms with Crippen LogP contribution < -0.4 is 0 Å². The van der Waals surface area contributed by atoms with Gasteiger partial charge in [-0.25, -0.2) is 52.7 Å². The van der Waals surface area contributed by atoms with Gasteiger partial charge in [0, 0.05) is 156 Å². The molecule has 0 aromatic heterocycles. The van der Waals surface area contributed by atoms with Crippen molar-refractivity contribution in [3.05, 3.63) is 322 Å². The standard InChI is InChI=1S/C126H132F12N6O6/c1-139(2)115(145)37-25-13-19-31-91-67-109(133)97(73-103(91)127)79-43-55-85(56-44-79)121-122(86-57-45-80(46-58-86)98-74-104(128)92(68-110(98)134)32-20-14-26-38-116(146)140(3)4)124(88-61-49-82(50-62-88)100-76-106(130)94(70-112(100)136)34-22-16-28-40-118(148)142(7)8)126(90-65-53-84(54-66-90)102-78-108(132)96(72-114(102)138)36-24-18-30-42-120(150)144(11)12)125(89-63-51-83(52-64-89)101-77-107(131)95(71-113(101)137)35-23-17-29-41-119(149)143(9)10)123(121)87-59-47-81(48-60-87)99-75-105(129)93(69-111(99)135)33-21-15-27-39-117(147)141(5)6/h43-78H,13-42H2,1-12H3. The third-order valence-electron chi connectivity index (χ3n) is 28.2. The van der Waals surface area contributed by atoms with Crippen molar-refractivity contribution in [2.75, 3.05) is 84.6 Å². The second-order valence-electron chi connectivity index (χ2n) is 40.3. The van der Waals surface area contributed by atoms with Crippen molar-refractivity contribution in [3.8, 4) is 134 Å². The van der Waals surface area contributed by atoms with Crippen LogP contribution in [0.2, 0.25) is 0 Å². The Morgan fingerprint density at radius 2 is 0.267 bits per heavy atom. The summed E-state index contributed by atoms with van der Waals surface area (Å²) in [5.41, 5.74) is 5.86. The van der Waals surface area contributed by atoms with Crippen LogP contribution >= 0.6 is 0 Å². The molecule has 24 heteroatoms. The predicted octanol–water partition coefficient (Wildman–Crippen LogP) is 30.5. The van der Waals surface area contributed by atoms with E-state index in [4.69, 9.17) is 0 Å². The van der Waals surface area contributed by atoms with Crippen molar-refractivity contribution in [3.63, 3.8) is 0 Å². The molecular weight excluding hydrogens is 1920 g/mol. The van der Waals surface area contributed by atoms with E-state index in [1.807, 2.05) is 0 Å². The molecule has 0 aliphatic rings. The lowest BCUT2D eigenvalue weighted by molar-refractivity contribution is -0.129. The number of benzene rings is 13. The molecule has 786 valence electrons. The Morgan fingerprint density at radius 1 is 0.153 bits per heavy atom. The molecule has 6 amide bonds. The molecule has 0 radical (unpaired) electrons. The molecule has 13 aromatic carbocycles. The fourth-order valence-corrected chi connectivity index (χ4v) is 19.3. The number of aryl methyl sites for hydroxylation is 6. The predicted molar refractivity (Wildman–Crippen MR) is 576 cm³/mol. The average Bonchev–Trinajstić information content (AvgIpc) is 0.709. The number of hydrogen-bond donors (Lipinski definition) is 0. The largest absolute Gasteiger partial charge is 0.349 e. The molecule has 0 unspecified atom stereocenters. The van der Waals surface area contributed by atoms with Gasteiger partial charge in [-0.3, -0.25) is 28.8 Å². The molecule has 0 saturated carbocycles. The van der Waals surface area contributed by atoms with Crippen molar-refractivity contribution in [1.82, 2.24) is 29.4 Å². The Labute approximate surface area is 873 Å². The van der Waals surface area contributed by atoms with Gasteiger partial charge in [0.2, 0.25) is 35.4 Å². The Kier molecular flexibility index (Phi) is 39.8. The summed E-state index contributed by atoms with van der Waals surface area (Å²) in [6.45, 7) is 0. The van der Waals surface area contributed by atoms with Crippen LogP contribution in [0.3, 0.4) is 0 Å². The maximum Gasteiger partial charge on any atom is 0.222 e. The van der Waals surface area contributed by atoms with Gasteiger partial charge in [-0.1, -0.05) is 184 Å². The number of nitrogens with zero attached hydrogens (tertiary/aromatic N) is 6. The van der Waals surface area contributed by atoms with Gasteiger partial charge >= 0.3 is 0 Å². The number of carbonyl (C=O) groups is 6. The molecule has 0 N–H and O–H groups in total. The number of hydrogen-bond acceptors (Lipinski definition) is 6. The van der Waals surface area contributed by atoms with E-state index in [1.54, 1.807) is 230 Å². The molecule has 150 heavy (non-hydrogen) atoms. The highest BCUT2D eigenvalue weighted by atomic mass is 19.2. The SMILES string of the molecule is CN(C)C(=O)CCCCCc1cc(F)c(-c2ccc(-c3c(-c4ccc(-c5cc(F)c(CCCCCC(=O)N(C)C)cc5F)cc4)c(-c4ccc(-c5cc(F)c(CCCCCC(=O)N(C)C)cc5F)cc4)c(-c4ccc(-c5cc(F)c(CCCCCC(=O)N(C)C)cc5F)cc4)c(-c4ccc(-c5cc(F)c(CCCCCC(=O)N(C)C)cc5F)cc4)c3-c3ccc(-c4cc(F)c(CCCCCC(=O)N(C)C)cc4F)cc3)cc2)cc1F. The van der Waals surface area contributed by atoms with Gasteiger partial charge in [0.25, 0.3) is 0 Å². The molecule has 0 saturated heterocycles. The van der Waals surface area contributed by atoms with Crippen molar-refractivity contribution in [1.29, 1.82) is 0 Å². The number of halogens is 12. The Bertz CT molecular complexity index is 5880. The minimum atomic E-state index is -0.746. The number of unbranched alkanes of at least 4 members (excludes halogenated alkanes) is 12. The number of carbonyl (C=O) groups excluding carboxylic acids is 6. The molecule has 13 aromatic rings. The van der Waals surface area contributed by atoms with Crippen molar-refractivity contribution >= 4 is 35.4 Å². The van der Waals surface area contributed by atoms with Crippen molar-refractivity contribution < 1.29 is 81.5 Å². The van der Waals surface area contributed by atoms with Gasteiger partial charge in [0.15, 0.2) is 0 Å². The molecule has 12 nitrogen and oxygen atoms in total. The number of amides is 6. The first-order chi connectivity index (χ1) is 71.8. The Hall–Kier alpha value is -14.2. The second-order valence-corrected chi connectivity index (χ2v) is 40.3. The highest BCUT2D eigenvalue weighted by Gasteiger charge is 2.33. The smallest absolute Gasteiger partial charge is 0.222 e. The molecule has 0 heterocycles. The first-order valence-corrected chi connectivity index (χ1v) is 51.8. The Balaban J connectivity index is 1.09. The van der Waals surface area contributed by atoms with Gasteiger partial charge in [0.1, 0.15) is 69.8 Å². The molecule has 0 spiro atoms. The quantitative estimate of drug-likeness (QED) is 0.0277. The van der Waals surface area contributed by atoms with Gasteiger partial charge in [-0.15, -0.1) is 0 Å². The monoisotopic (exact) mass is 2050 g/mol. The summed E-state index contributed by atoms with van der Waals surface area (Å²) >= 11 is 0. The summed E-state index contributed by atoms with van der Waals surface area (Å²) in [6.07, 6.45) is 12.1. The fraction of sp³-hybridized carbons (Fsp3) is 0.333. The highest BCUT2D eigenvalue weighted by Crippen LogP contribution is 2.58. The lowest BCUT2D eigenvalue weighted by Gasteiger charge is -2.29. The fourth-order valence-electron chi connectivity index (χ4n) is 19.3. The van der Waals surface area contributed by atoms with E-state index < -0.39 is 69.8 Å². The zero-order valence-corrected chi connectivity index (χ0v) is 87.7. The topological polar surface area (TPSA) is 122 Å². The van der Waals surface area contributed by atoms with Crippen molar-refractivity contribution in [2.45, 2.75) is 193 Å². The lowest BCUT2D eigenvalue weighted by Crippen LogP contribution is -2.21. The zero-order valence-electron chi connectivity index (χ0n) is 87.7. The summed E-state index contributed by atoms with van der Waals surface area (Å²) in [5.74, 6) is -8.92. The molecule has 0 fully saturated rings. The van der Waals surface area contributed by atoms with Crippen LogP contribution in [0.15, 0.2) is 218 Å². The summed E-state index contributed by atoms with van der Waals surface area (Å²) < 4.78 is 204. The van der Waals surface area contributed by atoms with Gasteiger partial charge in [-0.05, 0) is 322 Å². The third kappa shape index (κ3) is 28.9. The van der Waals surface area contributed by atoms with E-state index in [9.17, 15) is 28.8 Å². The first kappa shape index (κ1) is 113. The van der Waals surface area contributed by atoms with Gasteiger partial charge in [0.05, 0.1) is 0 Å². The zero-order chi connectivity index (χ0) is 108. The van der Waals surface area contributed by atoms with E-state index in [2.05, 4.69) is 0 Å². The van der Waals surface area contributed by atoms with Crippen LogP contribution in [0.25, 0.3) is 134 Å². The molecule has 13 rings (SSSR count). The van der Waals surface area contributed by atoms with E-state index in [-0.39, 0.29) is 213 Å². The van der Waals surface area contributed by atoms with Crippen LogP contribution in [-0.4, -0.2) is 149 Å².